The quantitative estimate of drug-likeness (QED) is 0.476. The molecule has 1 aliphatic rings. The highest BCUT2D eigenvalue weighted by Gasteiger charge is 2.32. The first-order valence-electron chi connectivity index (χ1n) is 9.27. The van der Waals surface area contributed by atoms with Gasteiger partial charge in [-0.1, -0.05) is 12.1 Å². The van der Waals surface area contributed by atoms with Crippen molar-refractivity contribution in [3.8, 4) is 0 Å². The number of hydrogen-bond donors (Lipinski definition) is 0. The molecule has 1 saturated heterocycles. The van der Waals surface area contributed by atoms with Gasteiger partial charge < -0.3 is 14.1 Å². The number of benzene rings is 1. The van der Waals surface area contributed by atoms with Gasteiger partial charge in [-0.15, -0.1) is 11.3 Å². The van der Waals surface area contributed by atoms with Crippen LogP contribution < -0.4 is 4.90 Å². The van der Waals surface area contributed by atoms with E-state index in [0.717, 1.165) is 46.7 Å². The van der Waals surface area contributed by atoms with Gasteiger partial charge in [0, 0.05) is 17.3 Å². The Morgan fingerprint density at radius 2 is 2.25 bits per heavy atom. The molecule has 28 heavy (non-hydrogen) atoms. The maximum Gasteiger partial charge on any atom is 0.357 e. The van der Waals surface area contributed by atoms with Crippen molar-refractivity contribution in [2.45, 2.75) is 25.8 Å². The molecule has 3 aromatic heterocycles. The minimum atomic E-state index is -0.378. The Kier molecular flexibility index (Phi) is 4.20. The lowest BCUT2D eigenvalue weighted by atomic mass is 10.2. The Hall–Kier alpha value is -3.00. The Morgan fingerprint density at radius 3 is 3.14 bits per heavy atom. The molecule has 1 aliphatic heterocycles. The summed E-state index contributed by atoms with van der Waals surface area (Å²) in [6.45, 7) is 2.98. The molecule has 0 spiro atoms. The van der Waals surface area contributed by atoms with E-state index in [2.05, 4.69) is 19.9 Å². The molecule has 4 aromatic rings. The summed E-state index contributed by atoms with van der Waals surface area (Å²) in [5.41, 5.74) is 2.68. The lowest BCUT2D eigenvalue weighted by Crippen LogP contribution is -2.24. The lowest BCUT2D eigenvalue weighted by molar-refractivity contribution is 0.0520. The number of fused-ring (bicyclic) bond motifs is 3. The molecule has 0 N–H and O–H groups in total. The van der Waals surface area contributed by atoms with Crippen LogP contribution in [0.4, 0.5) is 5.82 Å². The third-order valence-corrected chi connectivity index (χ3v) is 5.90. The van der Waals surface area contributed by atoms with Crippen molar-refractivity contribution in [1.82, 2.24) is 15.0 Å². The summed E-state index contributed by atoms with van der Waals surface area (Å²) in [5, 5.41) is 3.64. The van der Waals surface area contributed by atoms with Crippen LogP contribution in [-0.4, -0.2) is 34.1 Å². The number of thiazole rings is 1. The molecule has 0 radical (unpaired) electrons. The summed E-state index contributed by atoms with van der Waals surface area (Å²) in [7, 11) is 0. The van der Waals surface area contributed by atoms with Crippen LogP contribution in [-0.2, 0) is 4.74 Å². The standard InChI is InChI=1S/C20H18N4O3S/c1-2-26-20(25)13-10-28-19(23-13)14-7-5-9-24(14)18-17-16(21-11-22-18)12-6-3-4-8-15(12)27-17/h3-4,6,8,10-11,14H,2,5,7,9H2,1H3. The van der Waals surface area contributed by atoms with E-state index in [1.54, 1.807) is 18.6 Å². The molecule has 0 saturated carbocycles. The van der Waals surface area contributed by atoms with Gasteiger partial charge in [-0.2, -0.15) is 0 Å². The number of furan rings is 1. The molecule has 7 nitrogen and oxygen atoms in total. The first kappa shape index (κ1) is 17.1. The number of ether oxygens (including phenoxy) is 1. The summed E-state index contributed by atoms with van der Waals surface area (Å²) in [4.78, 5) is 27.7. The van der Waals surface area contributed by atoms with Crippen LogP contribution >= 0.6 is 11.3 Å². The molecule has 1 atom stereocenters. The second-order valence-electron chi connectivity index (χ2n) is 6.62. The van der Waals surface area contributed by atoms with E-state index in [0.29, 0.717) is 17.9 Å². The third kappa shape index (κ3) is 2.72. The van der Waals surface area contributed by atoms with Crippen molar-refractivity contribution in [2.75, 3.05) is 18.1 Å². The Bertz CT molecular complexity index is 1170. The van der Waals surface area contributed by atoms with E-state index in [1.165, 1.54) is 11.3 Å². The van der Waals surface area contributed by atoms with Crippen molar-refractivity contribution in [2.24, 2.45) is 0 Å². The van der Waals surface area contributed by atoms with Crippen molar-refractivity contribution in [1.29, 1.82) is 0 Å². The van der Waals surface area contributed by atoms with Crippen LogP contribution in [0, 0.1) is 0 Å². The highest BCUT2D eigenvalue weighted by Crippen LogP contribution is 2.40. The number of anilines is 1. The average Bonchev–Trinajstić information content (AvgIpc) is 3.45. The topological polar surface area (TPSA) is 81.4 Å². The number of hydrogen-bond acceptors (Lipinski definition) is 8. The summed E-state index contributed by atoms with van der Waals surface area (Å²) in [5.74, 6) is 0.396. The number of para-hydroxylation sites is 1. The molecular weight excluding hydrogens is 376 g/mol. The van der Waals surface area contributed by atoms with Gasteiger partial charge >= 0.3 is 5.97 Å². The van der Waals surface area contributed by atoms with Gasteiger partial charge in [0.2, 0.25) is 0 Å². The minimum Gasteiger partial charge on any atom is -0.461 e. The van der Waals surface area contributed by atoms with Gasteiger partial charge in [0.05, 0.1) is 12.6 Å². The predicted molar refractivity (Wildman–Crippen MR) is 107 cm³/mol. The van der Waals surface area contributed by atoms with Gasteiger partial charge in [0.1, 0.15) is 22.4 Å². The average molecular weight is 394 g/mol. The van der Waals surface area contributed by atoms with E-state index in [4.69, 9.17) is 9.15 Å². The van der Waals surface area contributed by atoms with Crippen molar-refractivity contribution < 1.29 is 13.9 Å². The first-order chi connectivity index (χ1) is 13.8. The number of esters is 1. The lowest BCUT2D eigenvalue weighted by Gasteiger charge is -2.23. The SMILES string of the molecule is CCOC(=O)c1csc(C2CCCN2c2ncnc3c2oc2ccccc23)n1. The van der Waals surface area contributed by atoms with Gasteiger partial charge in [-0.25, -0.2) is 19.7 Å². The fourth-order valence-corrected chi connectivity index (χ4v) is 4.67. The Labute approximate surface area is 165 Å². The van der Waals surface area contributed by atoms with Gasteiger partial charge in [-0.3, -0.25) is 0 Å². The molecule has 5 rings (SSSR count). The molecule has 0 amide bonds. The van der Waals surface area contributed by atoms with E-state index in [-0.39, 0.29) is 12.0 Å². The number of aromatic nitrogens is 3. The van der Waals surface area contributed by atoms with E-state index >= 15 is 0 Å². The molecular formula is C20H18N4O3S. The van der Waals surface area contributed by atoms with Crippen molar-refractivity contribution in [3.05, 3.63) is 46.7 Å². The molecule has 142 valence electrons. The fourth-order valence-electron chi connectivity index (χ4n) is 3.73. The van der Waals surface area contributed by atoms with Crippen LogP contribution in [0.3, 0.4) is 0 Å². The van der Waals surface area contributed by atoms with Crippen LogP contribution in [0.15, 0.2) is 40.4 Å². The van der Waals surface area contributed by atoms with Crippen LogP contribution in [0.5, 0.6) is 0 Å². The predicted octanol–water partition coefficient (Wildman–Crippen LogP) is 4.35. The first-order valence-corrected chi connectivity index (χ1v) is 10.2. The van der Waals surface area contributed by atoms with Crippen LogP contribution in [0.1, 0.15) is 41.3 Å². The molecule has 8 heteroatoms. The highest BCUT2D eigenvalue weighted by molar-refractivity contribution is 7.10. The molecule has 1 unspecified atom stereocenters. The zero-order valence-electron chi connectivity index (χ0n) is 15.3. The minimum absolute atomic E-state index is 0.0551. The zero-order chi connectivity index (χ0) is 19.1. The Morgan fingerprint density at radius 1 is 1.36 bits per heavy atom. The van der Waals surface area contributed by atoms with Gasteiger partial charge in [0.15, 0.2) is 17.1 Å². The number of nitrogens with zero attached hydrogens (tertiary/aromatic N) is 4. The van der Waals surface area contributed by atoms with Crippen molar-refractivity contribution >= 4 is 45.2 Å². The van der Waals surface area contributed by atoms with E-state index < -0.39 is 0 Å². The highest BCUT2D eigenvalue weighted by atomic mass is 32.1. The number of carbonyl (C=O) groups excluding carboxylic acids is 1. The fraction of sp³-hybridized carbons (Fsp3) is 0.300. The van der Waals surface area contributed by atoms with E-state index in [9.17, 15) is 4.79 Å². The molecule has 1 aromatic carbocycles. The molecule has 0 aliphatic carbocycles. The zero-order valence-corrected chi connectivity index (χ0v) is 16.1. The van der Waals surface area contributed by atoms with Crippen molar-refractivity contribution in [3.63, 3.8) is 0 Å². The second-order valence-corrected chi connectivity index (χ2v) is 7.51. The smallest absolute Gasteiger partial charge is 0.357 e. The summed E-state index contributed by atoms with van der Waals surface area (Å²) in [6, 6.07) is 7.92. The Balaban J connectivity index is 1.55. The molecule has 1 fully saturated rings. The number of rotatable bonds is 4. The summed E-state index contributed by atoms with van der Waals surface area (Å²) >= 11 is 1.48. The summed E-state index contributed by atoms with van der Waals surface area (Å²) in [6.07, 6.45) is 3.55. The summed E-state index contributed by atoms with van der Waals surface area (Å²) < 4.78 is 11.2. The second kappa shape index (κ2) is 6.87. The van der Waals surface area contributed by atoms with E-state index in [1.807, 2.05) is 24.3 Å². The monoisotopic (exact) mass is 394 g/mol. The van der Waals surface area contributed by atoms with Crippen LogP contribution in [0.25, 0.3) is 22.1 Å². The third-order valence-electron chi connectivity index (χ3n) is 4.96. The maximum absolute atomic E-state index is 12.0. The van der Waals surface area contributed by atoms with Gasteiger partial charge in [0.25, 0.3) is 0 Å². The van der Waals surface area contributed by atoms with Gasteiger partial charge in [-0.05, 0) is 31.9 Å². The normalized spacial score (nSPS) is 16.9. The van der Waals surface area contributed by atoms with Crippen LogP contribution in [0.2, 0.25) is 0 Å². The number of carbonyl (C=O) groups is 1. The maximum atomic E-state index is 12.0. The molecule has 0 bridgehead atoms. The molecule has 4 heterocycles. The largest absolute Gasteiger partial charge is 0.461 e.